The van der Waals surface area contributed by atoms with Gasteiger partial charge in [-0.25, -0.2) is 12.8 Å². The molecule has 0 saturated carbocycles. The Labute approximate surface area is 87.5 Å². The number of hydrogen-bond acceptors (Lipinski definition) is 4. The topological polar surface area (TPSA) is 80.4 Å². The van der Waals surface area contributed by atoms with Gasteiger partial charge in [0.1, 0.15) is 5.82 Å². The minimum atomic E-state index is -3.42. The van der Waals surface area contributed by atoms with Gasteiger partial charge in [0, 0.05) is 11.8 Å². The molecule has 0 amide bonds. The van der Waals surface area contributed by atoms with Gasteiger partial charge in [0.05, 0.1) is 17.5 Å². The van der Waals surface area contributed by atoms with Crippen LogP contribution in [-0.2, 0) is 9.84 Å². The van der Waals surface area contributed by atoms with E-state index in [1.165, 1.54) is 12.1 Å². The zero-order chi connectivity index (χ0) is 11.6. The summed E-state index contributed by atoms with van der Waals surface area (Å²) < 4.78 is 35.5. The Morgan fingerprint density at radius 1 is 1.53 bits per heavy atom. The van der Waals surface area contributed by atoms with Gasteiger partial charge in [-0.1, -0.05) is 6.07 Å². The largest absolute Gasteiger partial charge is 0.394 e. The maximum Gasteiger partial charge on any atom is 0.175 e. The summed E-state index contributed by atoms with van der Waals surface area (Å²) >= 11 is 0. The fourth-order valence-electron chi connectivity index (χ4n) is 1.14. The molecule has 0 aliphatic heterocycles. The van der Waals surface area contributed by atoms with E-state index in [9.17, 15) is 12.8 Å². The molecule has 3 N–H and O–H groups in total. The molecule has 1 rings (SSSR count). The van der Waals surface area contributed by atoms with Crippen LogP contribution in [0.5, 0.6) is 0 Å². The summed E-state index contributed by atoms with van der Waals surface area (Å²) in [6, 6.07) is 2.61. The Bertz CT molecular complexity index is 458. The van der Waals surface area contributed by atoms with Crippen molar-refractivity contribution < 1.29 is 17.9 Å². The van der Waals surface area contributed by atoms with Crippen LogP contribution in [0.15, 0.2) is 23.1 Å². The van der Waals surface area contributed by atoms with Crippen molar-refractivity contribution in [2.24, 2.45) is 5.73 Å². The summed E-state index contributed by atoms with van der Waals surface area (Å²) in [6.45, 7) is -0.394. The lowest BCUT2D eigenvalue weighted by molar-refractivity contribution is 0.265. The zero-order valence-electron chi connectivity index (χ0n) is 8.14. The molecule has 6 heteroatoms. The Morgan fingerprint density at radius 2 is 2.13 bits per heavy atom. The third-order valence-corrected chi connectivity index (χ3v) is 3.11. The van der Waals surface area contributed by atoms with Crippen molar-refractivity contribution in [2.45, 2.75) is 10.9 Å². The first-order chi connectivity index (χ1) is 6.86. The minimum absolute atomic E-state index is 0.102. The average molecular weight is 233 g/mol. The fraction of sp³-hybridized carbons (Fsp3) is 0.333. The molecule has 1 unspecified atom stereocenters. The van der Waals surface area contributed by atoms with Gasteiger partial charge >= 0.3 is 0 Å². The van der Waals surface area contributed by atoms with E-state index >= 15 is 0 Å². The van der Waals surface area contributed by atoms with E-state index in [1.807, 2.05) is 0 Å². The Morgan fingerprint density at radius 3 is 2.53 bits per heavy atom. The molecular formula is C9H12FNO3S. The third kappa shape index (κ3) is 2.74. The number of aliphatic hydroxyl groups excluding tert-OH is 1. The first kappa shape index (κ1) is 12.1. The van der Waals surface area contributed by atoms with Gasteiger partial charge in [-0.05, 0) is 12.1 Å². The molecule has 0 aromatic heterocycles. The van der Waals surface area contributed by atoms with Crippen molar-refractivity contribution in [3.63, 3.8) is 0 Å². The van der Waals surface area contributed by atoms with Crippen molar-refractivity contribution in [3.8, 4) is 0 Å². The molecule has 0 heterocycles. The molecule has 84 valence electrons. The lowest BCUT2D eigenvalue weighted by Gasteiger charge is -2.10. The molecule has 1 atom stereocenters. The van der Waals surface area contributed by atoms with Gasteiger partial charge in [0.2, 0.25) is 0 Å². The number of halogens is 1. The summed E-state index contributed by atoms with van der Waals surface area (Å²) in [5, 5.41) is 8.73. The molecule has 4 nitrogen and oxygen atoms in total. The van der Waals surface area contributed by atoms with Crippen molar-refractivity contribution in [1.82, 2.24) is 0 Å². The van der Waals surface area contributed by atoms with Crippen LogP contribution in [0.1, 0.15) is 11.6 Å². The molecule has 0 aliphatic rings. The highest BCUT2D eigenvalue weighted by molar-refractivity contribution is 7.90. The Hall–Kier alpha value is -0.980. The number of nitrogens with two attached hydrogens (primary N) is 1. The fourth-order valence-corrected chi connectivity index (χ4v) is 1.77. The summed E-state index contributed by atoms with van der Waals surface area (Å²) in [5.41, 5.74) is 5.52. The SMILES string of the molecule is CS(=O)(=O)c1ccc(C(N)CO)c(F)c1. The molecule has 0 spiro atoms. The number of aliphatic hydroxyl groups is 1. The lowest BCUT2D eigenvalue weighted by Crippen LogP contribution is -2.16. The normalized spacial score (nSPS) is 13.9. The van der Waals surface area contributed by atoms with E-state index < -0.39 is 28.3 Å². The minimum Gasteiger partial charge on any atom is -0.394 e. The molecule has 0 bridgehead atoms. The number of rotatable bonds is 3. The summed E-state index contributed by atoms with van der Waals surface area (Å²) in [7, 11) is -3.42. The van der Waals surface area contributed by atoms with Crippen LogP contribution >= 0.6 is 0 Å². The quantitative estimate of drug-likeness (QED) is 0.782. The average Bonchev–Trinajstić information content (AvgIpc) is 2.15. The monoisotopic (exact) mass is 233 g/mol. The first-order valence-corrected chi connectivity index (χ1v) is 6.11. The van der Waals surface area contributed by atoms with Gasteiger partial charge in [-0.2, -0.15) is 0 Å². The van der Waals surface area contributed by atoms with E-state index in [2.05, 4.69) is 0 Å². The third-order valence-electron chi connectivity index (χ3n) is 2.00. The molecule has 1 aromatic carbocycles. The lowest BCUT2D eigenvalue weighted by atomic mass is 10.1. The first-order valence-electron chi connectivity index (χ1n) is 4.22. The maximum absolute atomic E-state index is 13.4. The summed E-state index contributed by atoms with van der Waals surface area (Å²) in [4.78, 5) is -0.103. The van der Waals surface area contributed by atoms with Gasteiger partial charge in [0.15, 0.2) is 9.84 Å². The summed E-state index contributed by atoms with van der Waals surface area (Å²) in [5.74, 6) is -0.723. The van der Waals surface area contributed by atoms with Gasteiger partial charge in [-0.15, -0.1) is 0 Å². The second-order valence-corrected chi connectivity index (χ2v) is 5.26. The van der Waals surface area contributed by atoms with Crippen molar-refractivity contribution in [2.75, 3.05) is 12.9 Å². The molecule has 0 fully saturated rings. The Kier molecular flexibility index (Phi) is 3.43. The molecule has 0 radical (unpaired) electrons. The van der Waals surface area contributed by atoms with Crippen LogP contribution < -0.4 is 5.73 Å². The van der Waals surface area contributed by atoms with Crippen LogP contribution in [0.2, 0.25) is 0 Å². The molecule has 15 heavy (non-hydrogen) atoms. The highest BCUT2D eigenvalue weighted by atomic mass is 32.2. The number of sulfone groups is 1. The number of hydrogen-bond donors (Lipinski definition) is 2. The van der Waals surface area contributed by atoms with Gasteiger partial charge in [0.25, 0.3) is 0 Å². The van der Waals surface area contributed by atoms with Gasteiger partial charge < -0.3 is 10.8 Å². The van der Waals surface area contributed by atoms with E-state index in [1.54, 1.807) is 0 Å². The molecular weight excluding hydrogens is 221 g/mol. The second-order valence-electron chi connectivity index (χ2n) is 3.24. The zero-order valence-corrected chi connectivity index (χ0v) is 8.96. The second kappa shape index (κ2) is 4.26. The highest BCUT2D eigenvalue weighted by Gasteiger charge is 2.14. The van der Waals surface area contributed by atoms with Crippen molar-refractivity contribution in [1.29, 1.82) is 0 Å². The number of benzene rings is 1. The van der Waals surface area contributed by atoms with Crippen LogP contribution in [0, 0.1) is 5.82 Å². The smallest absolute Gasteiger partial charge is 0.175 e. The van der Waals surface area contributed by atoms with E-state index in [4.69, 9.17) is 10.8 Å². The predicted octanol–water partition coefficient (Wildman–Crippen LogP) is 0.221. The van der Waals surface area contributed by atoms with Crippen LogP contribution in [0.4, 0.5) is 4.39 Å². The van der Waals surface area contributed by atoms with Gasteiger partial charge in [-0.3, -0.25) is 0 Å². The summed E-state index contributed by atoms with van der Waals surface area (Å²) in [6.07, 6.45) is 0.993. The van der Waals surface area contributed by atoms with E-state index in [-0.39, 0.29) is 10.5 Å². The van der Waals surface area contributed by atoms with Crippen molar-refractivity contribution >= 4 is 9.84 Å². The Balaban J connectivity index is 3.20. The highest BCUT2D eigenvalue weighted by Crippen LogP contribution is 2.18. The molecule has 1 aromatic rings. The van der Waals surface area contributed by atoms with Crippen LogP contribution in [-0.4, -0.2) is 26.4 Å². The van der Waals surface area contributed by atoms with E-state index in [0.29, 0.717) is 0 Å². The standard InChI is InChI=1S/C9H12FNO3S/c1-15(13,14)6-2-3-7(8(10)4-6)9(11)5-12/h2-4,9,12H,5,11H2,1H3. The van der Waals surface area contributed by atoms with E-state index in [0.717, 1.165) is 12.3 Å². The maximum atomic E-state index is 13.4. The van der Waals surface area contributed by atoms with Crippen LogP contribution in [0.3, 0.4) is 0 Å². The van der Waals surface area contributed by atoms with Crippen LogP contribution in [0.25, 0.3) is 0 Å². The molecule has 0 saturated heterocycles. The van der Waals surface area contributed by atoms with Crippen molar-refractivity contribution in [3.05, 3.63) is 29.6 Å². The predicted molar refractivity (Wildman–Crippen MR) is 53.5 cm³/mol. The molecule has 0 aliphatic carbocycles.